The fourth-order valence-corrected chi connectivity index (χ4v) is 1.54. The Balaban J connectivity index is 0.000000461. The van der Waals surface area contributed by atoms with E-state index in [9.17, 15) is 4.39 Å². The maximum absolute atomic E-state index is 12.7. The Bertz CT molecular complexity index is 296. The minimum Gasteiger partial charge on any atom is -0.493 e. The third kappa shape index (κ3) is 2.25. The molecule has 14 heavy (non-hydrogen) atoms. The second kappa shape index (κ2) is 4.99. The molecule has 1 aliphatic rings. The summed E-state index contributed by atoms with van der Waals surface area (Å²) in [6, 6.07) is 4.77. The monoisotopic (exact) mass is 196 g/mol. The normalized spacial score (nSPS) is 18.7. The largest absolute Gasteiger partial charge is 0.493 e. The smallest absolute Gasteiger partial charge is 0.126 e. The maximum Gasteiger partial charge on any atom is 0.126 e. The van der Waals surface area contributed by atoms with Gasteiger partial charge in [0.2, 0.25) is 0 Å². The van der Waals surface area contributed by atoms with Crippen molar-refractivity contribution in [2.24, 2.45) is 0 Å². The van der Waals surface area contributed by atoms with Crippen molar-refractivity contribution in [2.45, 2.75) is 33.1 Å². The van der Waals surface area contributed by atoms with E-state index in [0.717, 1.165) is 12.0 Å². The Morgan fingerprint density at radius 2 is 2.07 bits per heavy atom. The highest BCUT2D eigenvalue weighted by atomic mass is 19.1. The second-order valence-electron chi connectivity index (χ2n) is 3.22. The Labute approximate surface area is 84.9 Å². The second-order valence-corrected chi connectivity index (χ2v) is 3.22. The fourth-order valence-electron chi connectivity index (χ4n) is 1.54. The van der Waals surface area contributed by atoms with Crippen molar-refractivity contribution in [2.75, 3.05) is 6.61 Å². The number of hydrogen-bond acceptors (Lipinski definition) is 1. The summed E-state index contributed by atoms with van der Waals surface area (Å²) in [5.74, 6) is 0.992. The minimum absolute atomic E-state index is 0.220. The van der Waals surface area contributed by atoms with Gasteiger partial charge in [-0.1, -0.05) is 26.8 Å². The summed E-state index contributed by atoms with van der Waals surface area (Å²) in [7, 11) is 0. The third-order valence-electron chi connectivity index (χ3n) is 2.31. The quantitative estimate of drug-likeness (QED) is 0.614. The van der Waals surface area contributed by atoms with Gasteiger partial charge in [0.15, 0.2) is 0 Å². The van der Waals surface area contributed by atoms with Crippen LogP contribution < -0.4 is 4.74 Å². The van der Waals surface area contributed by atoms with Crippen molar-refractivity contribution < 1.29 is 9.13 Å². The molecule has 0 saturated carbocycles. The van der Waals surface area contributed by atoms with E-state index in [-0.39, 0.29) is 5.82 Å². The summed E-state index contributed by atoms with van der Waals surface area (Å²) in [6.07, 6.45) is 1.03. The van der Waals surface area contributed by atoms with Crippen LogP contribution in [-0.4, -0.2) is 6.61 Å². The Morgan fingerprint density at radius 3 is 2.79 bits per heavy atom. The summed E-state index contributed by atoms with van der Waals surface area (Å²) in [5, 5.41) is 0. The van der Waals surface area contributed by atoms with E-state index in [2.05, 4.69) is 6.92 Å². The average molecular weight is 196 g/mol. The molecule has 0 aliphatic carbocycles. The highest BCUT2D eigenvalue weighted by Crippen LogP contribution is 2.33. The lowest BCUT2D eigenvalue weighted by molar-refractivity contribution is 0.271. The molecule has 0 fully saturated rings. The molecular weight excluding hydrogens is 179 g/mol. The predicted octanol–water partition coefficient (Wildman–Crippen LogP) is 3.74. The van der Waals surface area contributed by atoms with Gasteiger partial charge in [-0.3, -0.25) is 0 Å². The molecule has 78 valence electrons. The van der Waals surface area contributed by atoms with E-state index in [1.54, 1.807) is 0 Å². The Kier molecular flexibility index (Phi) is 3.93. The zero-order valence-electron chi connectivity index (χ0n) is 9.01. The van der Waals surface area contributed by atoms with Crippen molar-refractivity contribution >= 4 is 0 Å². The summed E-state index contributed by atoms with van der Waals surface area (Å²) < 4.78 is 18.1. The Hall–Kier alpha value is -1.05. The first-order valence-electron chi connectivity index (χ1n) is 5.19. The number of rotatable bonds is 0. The molecule has 1 atom stereocenters. The topological polar surface area (TPSA) is 9.23 Å². The number of halogens is 1. The van der Waals surface area contributed by atoms with Crippen LogP contribution in [0.4, 0.5) is 4.39 Å². The molecule has 2 rings (SSSR count). The van der Waals surface area contributed by atoms with Gasteiger partial charge in [0.25, 0.3) is 0 Å². The van der Waals surface area contributed by atoms with Crippen LogP contribution in [0.3, 0.4) is 0 Å². The molecule has 0 saturated heterocycles. The molecule has 1 unspecified atom stereocenters. The van der Waals surface area contributed by atoms with Crippen molar-refractivity contribution in [3.63, 3.8) is 0 Å². The molecule has 0 radical (unpaired) electrons. The predicted molar refractivity (Wildman–Crippen MR) is 56.3 cm³/mol. The van der Waals surface area contributed by atoms with Crippen LogP contribution in [0, 0.1) is 5.82 Å². The van der Waals surface area contributed by atoms with Gasteiger partial charge >= 0.3 is 0 Å². The number of ether oxygens (including phenoxy) is 1. The molecule has 2 heteroatoms. The van der Waals surface area contributed by atoms with Crippen LogP contribution in [0.15, 0.2) is 18.2 Å². The lowest BCUT2D eigenvalue weighted by atomic mass is 9.95. The zero-order chi connectivity index (χ0) is 10.6. The standard InChI is InChI=1S/C10H11FO.C2H6/c1-7-4-5-12-10-6-8(11)2-3-9(7)10;1-2/h2-3,6-7H,4-5H2,1H3;1-2H3. The third-order valence-corrected chi connectivity index (χ3v) is 2.31. The van der Waals surface area contributed by atoms with Crippen molar-refractivity contribution in [1.82, 2.24) is 0 Å². The molecular formula is C12H17FO. The first-order valence-corrected chi connectivity index (χ1v) is 5.19. The van der Waals surface area contributed by atoms with E-state index in [0.29, 0.717) is 18.3 Å². The van der Waals surface area contributed by atoms with Crippen LogP contribution in [0.2, 0.25) is 0 Å². The van der Waals surface area contributed by atoms with Gasteiger partial charge in [0, 0.05) is 6.07 Å². The van der Waals surface area contributed by atoms with Gasteiger partial charge in [0.05, 0.1) is 6.61 Å². The molecule has 1 nitrogen and oxygen atoms in total. The zero-order valence-corrected chi connectivity index (χ0v) is 9.01. The summed E-state index contributed by atoms with van der Waals surface area (Å²) in [4.78, 5) is 0. The van der Waals surface area contributed by atoms with Gasteiger partial charge in [-0.15, -0.1) is 0 Å². The highest BCUT2D eigenvalue weighted by molar-refractivity contribution is 5.37. The van der Waals surface area contributed by atoms with E-state index >= 15 is 0 Å². The van der Waals surface area contributed by atoms with E-state index in [4.69, 9.17) is 4.74 Å². The van der Waals surface area contributed by atoms with Crippen LogP contribution in [0.5, 0.6) is 5.75 Å². The molecule has 0 aromatic heterocycles. The highest BCUT2D eigenvalue weighted by Gasteiger charge is 2.17. The molecule has 0 spiro atoms. The van der Waals surface area contributed by atoms with Crippen LogP contribution >= 0.6 is 0 Å². The number of benzene rings is 1. The Morgan fingerprint density at radius 1 is 1.36 bits per heavy atom. The van der Waals surface area contributed by atoms with Crippen molar-refractivity contribution in [3.05, 3.63) is 29.6 Å². The fraction of sp³-hybridized carbons (Fsp3) is 0.500. The first kappa shape index (κ1) is 11.0. The van der Waals surface area contributed by atoms with Gasteiger partial charge in [-0.05, 0) is 24.0 Å². The minimum atomic E-state index is -0.220. The first-order chi connectivity index (χ1) is 6.77. The molecule has 0 amide bonds. The van der Waals surface area contributed by atoms with Gasteiger partial charge in [-0.25, -0.2) is 4.39 Å². The SMILES string of the molecule is CC.CC1CCOc2cc(F)ccc21. The van der Waals surface area contributed by atoms with Gasteiger partial charge in [0.1, 0.15) is 11.6 Å². The average Bonchev–Trinajstić information content (AvgIpc) is 2.21. The summed E-state index contributed by atoms with van der Waals surface area (Å²) >= 11 is 0. The molecule has 1 aliphatic heterocycles. The molecule has 1 heterocycles. The van der Waals surface area contributed by atoms with E-state index in [1.165, 1.54) is 12.1 Å². The van der Waals surface area contributed by atoms with Crippen molar-refractivity contribution in [1.29, 1.82) is 0 Å². The van der Waals surface area contributed by atoms with E-state index in [1.807, 2.05) is 19.9 Å². The molecule has 1 aromatic rings. The maximum atomic E-state index is 12.7. The lowest BCUT2D eigenvalue weighted by Gasteiger charge is -2.22. The van der Waals surface area contributed by atoms with Crippen LogP contribution in [-0.2, 0) is 0 Å². The van der Waals surface area contributed by atoms with Crippen LogP contribution in [0.1, 0.15) is 38.7 Å². The number of fused-ring (bicyclic) bond motifs is 1. The van der Waals surface area contributed by atoms with Gasteiger partial charge in [-0.2, -0.15) is 0 Å². The molecule has 0 N–H and O–H groups in total. The number of hydrogen-bond donors (Lipinski definition) is 0. The van der Waals surface area contributed by atoms with Crippen molar-refractivity contribution in [3.8, 4) is 5.75 Å². The lowest BCUT2D eigenvalue weighted by Crippen LogP contribution is -2.11. The van der Waals surface area contributed by atoms with Gasteiger partial charge < -0.3 is 4.74 Å². The van der Waals surface area contributed by atoms with Crippen LogP contribution in [0.25, 0.3) is 0 Å². The summed E-state index contributed by atoms with van der Waals surface area (Å²) in [6.45, 7) is 6.84. The molecule has 0 bridgehead atoms. The molecule has 1 aromatic carbocycles. The van der Waals surface area contributed by atoms with E-state index < -0.39 is 0 Å². The summed E-state index contributed by atoms with van der Waals surface area (Å²) in [5.41, 5.74) is 1.13.